The molecule has 2 aromatic heterocycles. The lowest BCUT2D eigenvalue weighted by atomic mass is 10.0. The standard InChI is InChI=1S/C25H29F2N7O2/c1-13-14(2)30-24-22(29-13)21(18-6-3-16(26)9-19(18)27)31-25(32-24)33-7-8-36-20(12-33)23(35)15-10-28-34(11-15)17-4-5-17/h3,6,9-11,13-14,17,20,23,29,35H,4-5,7-8,12H2,1-2H3,(H,30,31,32)/t13?,14?,20-,23?/m1/s1. The second kappa shape index (κ2) is 8.97. The fourth-order valence-electron chi connectivity index (χ4n) is 4.71. The number of nitrogens with one attached hydrogen (secondary N) is 2. The zero-order chi connectivity index (χ0) is 25.0. The number of nitrogens with zero attached hydrogens (tertiary/aromatic N) is 5. The summed E-state index contributed by atoms with van der Waals surface area (Å²) in [5.74, 6) is -0.406. The number of rotatable bonds is 5. The molecule has 6 rings (SSSR count). The molecule has 0 bridgehead atoms. The molecule has 3 aromatic rings. The Morgan fingerprint density at radius 1 is 1.14 bits per heavy atom. The monoisotopic (exact) mass is 497 g/mol. The molecule has 1 aliphatic carbocycles. The number of aliphatic hydroxyl groups excluding tert-OH is 1. The molecule has 1 saturated carbocycles. The van der Waals surface area contributed by atoms with Crippen molar-refractivity contribution in [1.82, 2.24) is 19.7 Å². The molecule has 0 radical (unpaired) electrons. The Bertz CT molecular complexity index is 1280. The number of aromatic nitrogens is 4. The lowest BCUT2D eigenvalue weighted by Crippen LogP contribution is -2.46. The van der Waals surface area contributed by atoms with Gasteiger partial charge in [0.15, 0.2) is 5.82 Å². The third-order valence-corrected chi connectivity index (χ3v) is 7.18. The second-order valence-electron chi connectivity index (χ2n) is 9.87. The van der Waals surface area contributed by atoms with Crippen molar-refractivity contribution in [3.8, 4) is 11.3 Å². The van der Waals surface area contributed by atoms with Gasteiger partial charge in [-0.05, 0) is 38.8 Å². The number of aliphatic hydroxyl groups is 1. The highest BCUT2D eigenvalue weighted by atomic mass is 19.1. The summed E-state index contributed by atoms with van der Waals surface area (Å²) in [6, 6.07) is 4.02. The van der Waals surface area contributed by atoms with Crippen molar-refractivity contribution < 1.29 is 18.6 Å². The fraction of sp³-hybridized carbons (Fsp3) is 0.480. The number of hydrogen-bond donors (Lipinski definition) is 3. The predicted octanol–water partition coefficient (Wildman–Crippen LogP) is 3.51. The highest BCUT2D eigenvalue weighted by molar-refractivity contribution is 5.85. The van der Waals surface area contributed by atoms with Gasteiger partial charge in [0.25, 0.3) is 0 Å². The maximum atomic E-state index is 14.8. The van der Waals surface area contributed by atoms with E-state index in [2.05, 4.69) is 15.7 Å². The van der Waals surface area contributed by atoms with E-state index in [9.17, 15) is 13.9 Å². The molecular formula is C25H29F2N7O2. The van der Waals surface area contributed by atoms with Gasteiger partial charge in [0, 0.05) is 42.0 Å². The number of fused-ring (bicyclic) bond motifs is 1. The van der Waals surface area contributed by atoms with Crippen LogP contribution in [0.3, 0.4) is 0 Å². The first-order valence-electron chi connectivity index (χ1n) is 12.4. The van der Waals surface area contributed by atoms with Gasteiger partial charge in [-0.25, -0.2) is 13.8 Å². The van der Waals surface area contributed by atoms with E-state index in [0.29, 0.717) is 54.4 Å². The molecule has 2 fully saturated rings. The van der Waals surface area contributed by atoms with E-state index in [1.807, 2.05) is 29.6 Å². The molecule has 0 spiro atoms. The molecular weight excluding hydrogens is 468 g/mol. The molecule has 4 heterocycles. The van der Waals surface area contributed by atoms with Crippen LogP contribution in [0.25, 0.3) is 11.3 Å². The van der Waals surface area contributed by atoms with E-state index < -0.39 is 23.8 Å². The van der Waals surface area contributed by atoms with Crippen molar-refractivity contribution in [2.24, 2.45) is 0 Å². The smallest absolute Gasteiger partial charge is 0.228 e. The Balaban J connectivity index is 1.32. The zero-order valence-electron chi connectivity index (χ0n) is 20.2. The van der Waals surface area contributed by atoms with Gasteiger partial charge in [0.1, 0.15) is 35.2 Å². The lowest BCUT2D eigenvalue weighted by Gasteiger charge is -2.37. The largest absolute Gasteiger partial charge is 0.385 e. The van der Waals surface area contributed by atoms with Crippen LogP contribution < -0.4 is 15.5 Å². The fourth-order valence-corrected chi connectivity index (χ4v) is 4.71. The summed E-state index contributed by atoms with van der Waals surface area (Å²) in [5.41, 5.74) is 1.83. The molecule has 4 atom stereocenters. The summed E-state index contributed by atoms with van der Waals surface area (Å²) >= 11 is 0. The van der Waals surface area contributed by atoms with E-state index in [-0.39, 0.29) is 17.6 Å². The van der Waals surface area contributed by atoms with Crippen LogP contribution in [0, 0.1) is 11.6 Å². The van der Waals surface area contributed by atoms with Crippen LogP contribution in [0.1, 0.15) is 44.4 Å². The molecule has 1 saturated heterocycles. The van der Waals surface area contributed by atoms with E-state index in [4.69, 9.17) is 14.7 Å². The van der Waals surface area contributed by atoms with Crippen molar-refractivity contribution in [2.45, 2.75) is 57.0 Å². The molecule has 36 heavy (non-hydrogen) atoms. The van der Waals surface area contributed by atoms with Gasteiger partial charge < -0.3 is 25.4 Å². The summed E-state index contributed by atoms with van der Waals surface area (Å²) in [7, 11) is 0. The van der Waals surface area contributed by atoms with Crippen LogP contribution in [0.4, 0.5) is 26.2 Å². The van der Waals surface area contributed by atoms with Gasteiger partial charge in [-0.1, -0.05) is 0 Å². The van der Waals surface area contributed by atoms with Gasteiger partial charge >= 0.3 is 0 Å². The summed E-state index contributed by atoms with van der Waals surface area (Å²) in [6.07, 6.45) is 4.43. The minimum Gasteiger partial charge on any atom is -0.385 e. The van der Waals surface area contributed by atoms with Crippen molar-refractivity contribution in [2.75, 3.05) is 35.2 Å². The van der Waals surface area contributed by atoms with Gasteiger partial charge in [-0.15, -0.1) is 0 Å². The summed E-state index contributed by atoms with van der Waals surface area (Å²) in [6.45, 7) is 5.27. The lowest BCUT2D eigenvalue weighted by molar-refractivity contribution is -0.0461. The van der Waals surface area contributed by atoms with Crippen molar-refractivity contribution >= 4 is 17.5 Å². The number of ether oxygens (including phenoxy) is 1. The van der Waals surface area contributed by atoms with Crippen molar-refractivity contribution in [3.63, 3.8) is 0 Å². The van der Waals surface area contributed by atoms with E-state index in [0.717, 1.165) is 18.9 Å². The summed E-state index contributed by atoms with van der Waals surface area (Å²) < 4.78 is 36.3. The first-order valence-corrected chi connectivity index (χ1v) is 12.4. The topological polar surface area (TPSA) is 100 Å². The summed E-state index contributed by atoms with van der Waals surface area (Å²) in [4.78, 5) is 11.4. The van der Waals surface area contributed by atoms with E-state index >= 15 is 0 Å². The van der Waals surface area contributed by atoms with Gasteiger partial charge in [-0.2, -0.15) is 10.1 Å². The Kier molecular flexibility index (Phi) is 5.76. The molecule has 0 amide bonds. The van der Waals surface area contributed by atoms with E-state index in [1.54, 1.807) is 6.20 Å². The van der Waals surface area contributed by atoms with Gasteiger partial charge in [0.2, 0.25) is 5.95 Å². The molecule has 1 aromatic carbocycles. The van der Waals surface area contributed by atoms with Crippen LogP contribution in [0.2, 0.25) is 0 Å². The molecule has 9 nitrogen and oxygen atoms in total. The predicted molar refractivity (Wildman–Crippen MR) is 131 cm³/mol. The van der Waals surface area contributed by atoms with Gasteiger partial charge in [0.05, 0.1) is 25.4 Å². The molecule has 11 heteroatoms. The number of hydrogen-bond acceptors (Lipinski definition) is 8. The Morgan fingerprint density at radius 3 is 2.72 bits per heavy atom. The molecule has 190 valence electrons. The van der Waals surface area contributed by atoms with Gasteiger partial charge in [-0.3, -0.25) is 4.68 Å². The minimum absolute atomic E-state index is 0.0497. The first-order chi connectivity index (χ1) is 17.4. The normalized spacial score (nSPS) is 24.6. The minimum atomic E-state index is -0.854. The first kappa shape index (κ1) is 23.1. The van der Waals surface area contributed by atoms with Crippen LogP contribution in [0.15, 0.2) is 30.6 Å². The van der Waals surface area contributed by atoms with Crippen molar-refractivity contribution in [3.05, 3.63) is 47.8 Å². The molecule has 3 N–H and O–H groups in total. The van der Waals surface area contributed by atoms with Crippen LogP contribution >= 0.6 is 0 Å². The molecule has 3 aliphatic rings. The SMILES string of the molecule is CC1Nc2nc(N3CCO[C@@H](C(O)c4cnn(C5CC5)c4)C3)nc(-c3ccc(F)cc3F)c2NC1C. The van der Waals surface area contributed by atoms with Crippen LogP contribution in [0.5, 0.6) is 0 Å². The zero-order valence-corrected chi connectivity index (χ0v) is 20.2. The quantitative estimate of drug-likeness (QED) is 0.493. The third kappa shape index (κ3) is 4.26. The Hall–Kier alpha value is -3.31. The Labute approximate surface area is 207 Å². The number of morpholine rings is 1. The second-order valence-corrected chi connectivity index (χ2v) is 9.87. The van der Waals surface area contributed by atoms with Crippen LogP contribution in [-0.4, -0.2) is 62.7 Å². The highest BCUT2D eigenvalue weighted by Gasteiger charge is 2.33. The molecule has 3 unspecified atom stereocenters. The molecule has 2 aliphatic heterocycles. The maximum absolute atomic E-state index is 14.8. The number of benzene rings is 1. The third-order valence-electron chi connectivity index (χ3n) is 7.18. The van der Waals surface area contributed by atoms with Crippen LogP contribution in [-0.2, 0) is 4.74 Å². The summed E-state index contributed by atoms with van der Waals surface area (Å²) in [5, 5.41) is 22.2. The Morgan fingerprint density at radius 2 is 1.94 bits per heavy atom. The number of halogens is 2. The average Bonchev–Trinajstić information content (AvgIpc) is 3.60. The van der Waals surface area contributed by atoms with E-state index in [1.165, 1.54) is 12.1 Å². The average molecular weight is 498 g/mol. The number of anilines is 3. The van der Waals surface area contributed by atoms with Crippen molar-refractivity contribution in [1.29, 1.82) is 0 Å². The maximum Gasteiger partial charge on any atom is 0.228 e. The highest BCUT2D eigenvalue weighted by Crippen LogP contribution is 2.39.